The Morgan fingerprint density at radius 1 is 1.41 bits per heavy atom. The zero-order valence-corrected chi connectivity index (χ0v) is 10.6. The van der Waals surface area contributed by atoms with E-state index in [4.69, 9.17) is 17.3 Å². The smallest absolute Gasteiger partial charge is 0.139 e. The average Bonchev–Trinajstić information content (AvgIpc) is 2.78. The third-order valence-electron chi connectivity index (χ3n) is 2.71. The summed E-state index contributed by atoms with van der Waals surface area (Å²) in [6.45, 7) is 3.57. The third kappa shape index (κ3) is 2.51. The first-order valence-electron chi connectivity index (χ1n) is 5.76. The molecule has 17 heavy (non-hydrogen) atoms. The largest absolute Gasteiger partial charge is 0.331 e. The van der Waals surface area contributed by atoms with Gasteiger partial charge in [-0.05, 0) is 18.1 Å². The van der Waals surface area contributed by atoms with Gasteiger partial charge in [0.15, 0.2) is 0 Å². The minimum Gasteiger partial charge on any atom is -0.331 e. The number of hydrogen-bond acceptors (Lipinski definition) is 2. The lowest BCUT2D eigenvalue weighted by molar-refractivity contribution is 0.685. The molecule has 0 unspecified atom stereocenters. The standard InChI is InChI=1S/C13H16ClN3/c1-2-6-17-7-5-16-13(17)10-3-4-11(9-15)12(14)8-10/h3-5,7-8H,2,6,9,15H2,1H3. The summed E-state index contributed by atoms with van der Waals surface area (Å²) >= 11 is 6.16. The maximum absolute atomic E-state index is 6.16. The fourth-order valence-electron chi connectivity index (χ4n) is 1.84. The molecular formula is C13H16ClN3. The summed E-state index contributed by atoms with van der Waals surface area (Å²) in [6.07, 6.45) is 4.89. The molecule has 0 radical (unpaired) electrons. The molecule has 1 aromatic heterocycles. The summed E-state index contributed by atoms with van der Waals surface area (Å²) in [6, 6.07) is 5.91. The van der Waals surface area contributed by atoms with Gasteiger partial charge in [0, 0.05) is 36.1 Å². The topological polar surface area (TPSA) is 43.8 Å². The summed E-state index contributed by atoms with van der Waals surface area (Å²) in [5, 5.41) is 0.705. The number of imidazole rings is 1. The van der Waals surface area contributed by atoms with Gasteiger partial charge in [0.25, 0.3) is 0 Å². The molecule has 0 aliphatic rings. The van der Waals surface area contributed by atoms with Crippen molar-refractivity contribution in [2.75, 3.05) is 0 Å². The Balaban J connectivity index is 2.39. The molecule has 1 aromatic carbocycles. The Kier molecular flexibility index (Phi) is 3.82. The van der Waals surface area contributed by atoms with Crippen LogP contribution in [0.4, 0.5) is 0 Å². The van der Waals surface area contributed by atoms with Crippen LogP contribution in [0.15, 0.2) is 30.6 Å². The lowest BCUT2D eigenvalue weighted by Gasteiger charge is -2.08. The molecule has 0 saturated heterocycles. The van der Waals surface area contributed by atoms with Crippen molar-refractivity contribution in [3.05, 3.63) is 41.2 Å². The Morgan fingerprint density at radius 2 is 2.24 bits per heavy atom. The van der Waals surface area contributed by atoms with Gasteiger partial charge in [-0.2, -0.15) is 0 Å². The van der Waals surface area contributed by atoms with Crippen LogP contribution in [0.3, 0.4) is 0 Å². The fraction of sp³-hybridized carbons (Fsp3) is 0.308. The van der Waals surface area contributed by atoms with Crippen molar-refractivity contribution < 1.29 is 0 Å². The summed E-state index contributed by atoms with van der Waals surface area (Å²) in [5.74, 6) is 0.956. The second kappa shape index (κ2) is 5.34. The summed E-state index contributed by atoms with van der Waals surface area (Å²) in [5.41, 5.74) is 7.59. The second-order valence-electron chi connectivity index (χ2n) is 3.95. The molecule has 2 N–H and O–H groups in total. The van der Waals surface area contributed by atoms with Crippen LogP contribution in [0, 0.1) is 0 Å². The van der Waals surface area contributed by atoms with Crippen LogP contribution in [-0.2, 0) is 13.1 Å². The van der Waals surface area contributed by atoms with Crippen LogP contribution in [0.5, 0.6) is 0 Å². The molecule has 0 aliphatic carbocycles. The van der Waals surface area contributed by atoms with Crippen LogP contribution in [0.25, 0.3) is 11.4 Å². The van der Waals surface area contributed by atoms with Crippen molar-refractivity contribution in [3.63, 3.8) is 0 Å². The van der Waals surface area contributed by atoms with Gasteiger partial charge in [-0.25, -0.2) is 4.98 Å². The number of nitrogens with two attached hydrogens (primary N) is 1. The minimum absolute atomic E-state index is 0.461. The molecule has 4 heteroatoms. The van der Waals surface area contributed by atoms with E-state index in [1.54, 1.807) is 0 Å². The SMILES string of the molecule is CCCn1ccnc1-c1ccc(CN)c(Cl)c1. The van der Waals surface area contributed by atoms with Crippen molar-refractivity contribution >= 4 is 11.6 Å². The van der Waals surface area contributed by atoms with E-state index in [0.29, 0.717) is 11.6 Å². The quantitative estimate of drug-likeness (QED) is 0.905. The van der Waals surface area contributed by atoms with Gasteiger partial charge in [0.1, 0.15) is 5.82 Å². The molecule has 0 aliphatic heterocycles. The van der Waals surface area contributed by atoms with Gasteiger partial charge in [-0.15, -0.1) is 0 Å². The highest BCUT2D eigenvalue weighted by Crippen LogP contribution is 2.24. The van der Waals surface area contributed by atoms with E-state index >= 15 is 0 Å². The molecule has 90 valence electrons. The van der Waals surface area contributed by atoms with Gasteiger partial charge >= 0.3 is 0 Å². The average molecular weight is 250 g/mol. The van der Waals surface area contributed by atoms with Gasteiger partial charge in [-0.1, -0.05) is 30.7 Å². The molecule has 0 spiro atoms. The molecule has 3 nitrogen and oxygen atoms in total. The van der Waals surface area contributed by atoms with E-state index in [2.05, 4.69) is 16.5 Å². The molecule has 0 saturated carbocycles. The number of nitrogens with zero attached hydrogens (tertiary/aromatic N) is 2. The molecule has 0 amide bonds. The zero-order chi connectivity index (χ0) is 12.3. The normalized spacial score (nSPS) is 10.8. The van der Waals surface area contributed by atoms with Gasteiger partial charge in [0.2, 0.25) is 0 Å². The highest BCUT2D eigenvalue weighted by atomic mass is 35.5. The molecule has 2 rings (SSSR count). The lowest BCUT2D eigenvalue weighted by Crippen LogP contribution is -2.00. The predicted octanol–water partition coefficient (Wildman–Crippen LogP) is 3.07. The molecule has 2 aromatic rings. The Labute approximate surface area is 106 Å². The highest BCUT2D eigenvalue weighted by molar-refractivity contribution is 6.31. The number of hydrogen-bond donors (Lipinski definition) is 1. The van der Waals surface area contributed by atoms with Crippen LogP contribution >= 0.6 is 11.6 Å². The lowest BCUT2D eigenvalue weighted by atomic mass is 10.1. The van der Waals surface area contributed by atoms with Crippen molar-refractivity contribution in [1.29, 1.82) is 0 Å². The Morgan fingerprint density at radius 3 is 2.88 bits per heavy atom. The van der Waals surface area contributed by atoms with E-state index in [1.807, 2.05) is 30.6 Å². The summed E-state index contributed by atoms with van der Waals surface area (Å²) < 4.78 is 2.13. The van der Waals surface area contributed by atoms with Gasteiger partial charge < -0.3 is 10.3 Å². The Hall–Kier alpha value is -1.32. The van der Waals surface area contributed by atoms with E-state index in [1.165, 1.54) is 0 Å². The van der Waals surface area contributed by atoms with Gasteiger partial charge in [0.05, 0.1) is 0 Å². The third-order valence-corrected chi connectivity index (χ3v) is 3.06. The maximum atomic E-state index is 6.16. The van der Waals surface area contributed by atoms with Gasteiger partial charge in [-0.3, -0.25) is 0 Å². The second-order valence-corrected chi connectivity index (χ2v) is 4.36. The number of benzene rings is 1. The fourth-order valence-corrected chi connectivity index (χ4v) is 2.10. The van der Waals surface area contributed by atoms with Crippen LogP contribution in [0.2, 0.25) is 5.02 Å². The minimum atomic E-state index is 0.461. The molecule has 0 bridgehead atoms. The zero-order valence-electron chi connectivity index (χ0n) is 9.86. The van der Waals surface area contributed by atoms with Crippen LogP contribution < -0.4 is 5.73 Å². The van der Waals surface area contributed by atoms with Crippen LogP contribution in [0.1, 0.15) is 18.9 Å². The number of aromatic nitrogens is 2. The summed E-state index contributed by atoms with van der Waals surface area (Å²) in [7, 11) is 0. The Bertz CT molecular complexity index is 505. The van der Waals surface area contributed by atoms with E-state index in [-0.39, 0.29) is 0 Å². The predicted molar refractivity (Wildman–Crippen MR) is 70.9 cm³/mol. The van der Waals surface area contributed by atoms with Crippen molar-refractivity contribution in [2.45, 2.75) is 26.4 Å². The first kappa shape index (κ1) is 12.1. The summed E-state index contributed by atoms with van der Waals surface area (Å²) in [4.78, 5) is 4.37. The number of halogens is 1. The monoisotopic (exact) mass is 249 g/mol. The molecule has 0 atom stereocenters. The van der Waals surface area contributed by atoms with E-state index in [0.717, 1.165) is 29.9 Å². The maximum Gasteiger partial charge on any atom is 0.139 e. The molecule has 0 fully saturated rings. The highest BCUT2D eigenvalue weighted by Gasteiger charge is 2.07. The molecule has 1 heterocycles. The van der Waals surface area contributed by atoms with E-state index in [9.17, 15) is 0 Å². The molecular weight excluding hydrogens is 234 g/mol. The van der Waals surface area contributed by atoms with E-state index < -0.39 is 0 Å². The van der Waals surface area contributed by atoms with Crippen molar-refractivity contribution in [2.24, 2.45) is 5.73 Å². The first-order valence-corrected chi connectivity index (χ1v) is 6.14. The number of rotatable bonds is 4. The van der Waals surface area contributed by atoms with Crippen molar-refractivity contribution in [1.82, 2.24) is 9.55 Å². The van der Waals surface area contributed by atoms with Crippen molar-refractivity contribution in [3.8, 4) is 11.4 Å². The first-order chi connectivity index (χ1) is 8.26. The number of aryl methyl sites for hydroxylation is 1. The van der Waals surface area contributed by atoms with Crippen LogP contribution in [-0.4, -0.2) is 9.55 Å².